The highest BCUT2D eigenvalue weighted by molar-refractivity contribution is 7.26. The van der Waals surface area contributed by atoms with Crippen molar-refractivity contribution >= 4 is 91.3 Å². The molecule has 0 aliphatic heterocycles. The molecule has 0 amide bonds. The van der Waals surface area contributed by atoms with Crippen LogP contribution in [-0.4, -0.2) is 19.9 Å². The Morgan fingerprint density at radius 1 is 0.330 bits per heavy atom. The van der Waals surface area contributed by atoms with E-state index in [2.05, 4.69) is 297 Å². The lowest BCUT2D eigenvalue weighted by Crippen LogP contribution is -2.21. The lowest BCUT2D eigenvalue weighted by atomic mass is 9.67. The maximum absolute atomic E-state index is 6.72. The van der Waals surface area contributed by atoms with E-state index < -0.39 is 0 Å². The fourth-order valence-electron chi connectivity index (χ4n) is 16.7. The van der Waals surface area contributed by atoms with E-state index in [0.29, 0.717) is 11.7 Å². The Bertz CT molecular complexity index is 6720. The van der Waals surface area contributed by atoms with Crippen LogP contribution in [0.5, 0.6) is 0 Å². The van der Waals surface area contributed by atoms with Crippen molar-refractivity contribution in [2.75, 3.05) is 0 Å². The number of para-hydroxylation sites is 1. The summed E-state index contributed by atoms with van der Waals surface area (Å²) in [4.78, 5) is 20.8. The summed E-state index contributed by atoms with van der Waals surface area (Å²) in [5.74, 6) is 1.70. The van der Waals surface area contributed by atoms with E-state index in [1.165, 1.54) is 114 Å². The molecule has 22 rings (SSSR count). The topological polar surface area (TPSA) is 64.7 Å². The molecule has 14 aromatic carbocycles. The van der Waals surface area contributed by atoms with Gasteiger partial charge in [0.2, 0.25) is 0 Å². The van der Waals surface area contributed by atoms with Crippen molar-refractivity contribution in [1.82, 2.24) is 19.9 Å². The third-order valence-electron chi connectivity index (χ3n) is 21.7. The number of hydrogen-bond donors (Lipinski definition) is 0. The fourth-order valence-corrected chi connectivity index (χ4v) is 17.9. The van der Waals surface area contributed by atoms with Gasteiger partial charge in [0.1, 0.15) is 11.2 Å². The van der Waals surface area contributed by atoms with Gasteiger partial charge in [-0.1, -0.05) is 316 Å². The van der Waals surface area contributed by atoms with Crippen LogP contribution in [-0.2, 0) is 0 Å². The zero-order chi connectivity index (χ0) is 69.8. The second-order valence-electron chi connectivity index (χ2n) is 27.7. The van der Waals surface area contributed by atoms with Crippen molar-refractivity contribution in [3.63, 3.8) is 0 Å². The quantitative estimate of drug-likeness (QED) is 0.128. The summed E-state index contributed by atoms with van der Waals surface area (Å²) in [6.45, 7) is 0. The summed E-state index contributed by atoms with van der Waals surface area (Å²) in [6, 6.07) is 110. The van der Waals surface area contributed by atoms with Gasteiger partial charge in [0, 0.05) is 75.8 Å². The van der Waals surface area contributed by atoms with Crippen molar-refractivity contribution in [1.29, 1.82) is 0 Å². The largest absolute Gasteiger partial charge is 0.455 e. The number of thiophene rings is 1. The molecule has 0 radical (unpaired) electrons. The van der Waals surface area contributed by atoms with Crippen LogP contribution in [0.25, 0.3) is 181 Å². The highest BCUT2D eigenvalue weighted by Gasteiger charge is 2.34. The number of allylic oxidation sites excluding steroid dienone is 14. The Hall–Kier alpha value is -13.5. The SMILES string of the molecule is C1=CC2=C3C(=CC=C4C=CC(c5ccc(-c6ccc(-c7nc(-c8ccccc8)cc(-c8ccccc8)n7)c7c6oc6ccccc67)cc5)=C(C=C2)C43)C1.c1ccc(-c2cc(-c3ccccc3)nc(-c3ccc(-c4ccc(-c5ccc6ccc7cccc8ccc5c6c78)cc4)c4sc5ccccc5c34)n2)cc1. The lowest BCUT2D eigenvalue weighted by molar-refractivity contribution is 0.670. The van der Waals surface area contributed by atoms with Crippen LogP contribution in [0.4, 0.5) is 0 Å². The first-order chi connectivity index (χ1) is 52.5. The molecule has 1 atom stereocenters. The minimum absolute atomic E-state index is 0.298. The molecule has 0 saturated carbocycles. The third-order valence-corrected chi connectivity index (χ3v) is 22.9. The maximum Gasteiger partial charge on any atom is 0.161 e. The molecule has 0 saturated heterocycles. The van der Waals surface area contributed by atoms with Gasteiger partial charge in [-0.3, -0.25) is 0 Å². The summed E-state index contributed by atoms with van der Waals surface area (Å²) >= 11 is 1.84. The van der Waals surface area contributed by atoms with Crippen LogP contribution < -0.4 is 0 Å². The van der Waals surface area contributed by atoms with Crippen LogP contribution in [0.2, 0.25) is 0 Å². The molecule has 4 aromatic heterocycles. The monoisotopic (exact) mass is 1370 g/mol. The lowest BCUT2D eigenvalue weighted by Gasteiger charge is -2.36. The molecule has 4 aliphatic carbocycles. The maximum atomic E-state index is 6.72. The van der Waals surface area contributed by atoms with Gasteiger partial charge in [-0.25, -0.2) is 19.9 Å². The minimum atomic E-state index is 0.298. The van der Waals surface area contributed by atoms with E-state index in [9.17, 15) is 0 Å². The Balaban J connectivity index is 0.000000136. The van der Waals surface area contributed by atoms with Crippen molar-refractivity contribution in [3.8, 4) is 101 Å². The van der Waals surface area contributed by atoms with E-state index in [0.717, 1.165) is 101 Å². The first-order valence-corrected chi connectivity index (χ1v) is 37.0. The molecular formula is C100H62N4OS. The normalized spacial score (nSPS) is 14.4. The number of rotatable bonds is 10. The Morgan fingerprint density at radius 2 is 0.830 bits per heavy atom. The standard InChI is InChI=1S/C50H32N2O.C50H30N2S/c2*1-3-10-33(11-4-1)43-30-44(34-12-5-2-6-13-34)52-50(51-43)42-29-28-39(49-48(42)41-16-7-8-17-45(41)53-49)32-20-18-31(19-21-32)38-26-24-37-23-22-35-14-9-15-36-25-27-40(38)47(37)46(35)36/h1-13,15-30,47H,14H2;1-30H. The van der Waals surface area contributed by atoms with Gasteiger partial charge < -0.3 is 4.42 Å². The molecular weight excluding hydrogens is 1310 g/mol. The molecule has 1 unspecified atom stereocenters. The van der Waals surface area contributed by atoms with E-state index in [1.807, 2.05) is 72.0 Å². The molecule has 106 heavy (non-hydrogen) atoms. The van der Waals surface area contributed by atoms with Crippen molar-refractivity contribution in [3.05, 3.63) is 391 Å². The third kappa shape index (κ3) is 10.4. The fraction of sp³-hybridized carbons (Fsp3) is 0.0200. The van der Waals surface area contributed by atoms with E-state index in [1.54, 1.807) is 0 Å². The molecule has 0 spiro atoms. The minimum Gasteiger partial charge on any atom is -0.455 e. The zero-order valence-corrected chi connectivity index (χ0v) is 58.3. The number of fused-ring (bicyclic) bond motifs is 6. The van der Waals surface area contributed by atoms with Gasteiger partial charge in [0.25, 0.3) is 0 Å². The van der Waals surface area contributed by atoms with Crippen LogP contribution in [0, 0.1) is 5.92 Å². The molecule has 4 aliphatic rings. The summed E-state index contributed by atoms with van der Waals surface area (Å²) in [5, 5.41) is 12.3. The van der Waals surface area contributed by atoms with E-state index >= 15 is 0 Å². The van der Waals surface area contributed by atoms with Gasteiger partial charge in [-0.2, -0.15) is 0 Å². The molecule has 6 heteroatoms. The van der Waals surface area contributed by atoms with Crippen LogP contribution in [0.3, 0.4) is 0 Å². The second kappa shape index (κ2) is 25.2. The number of hydrogen-bond acceptors (Lipinski definition) is 6. The van der Waals surface area contributed by atoms with Crippen molar-refractivity contribution in [2.24, 2.45) is 5.92 Å². The molecule has 4 heterocycles. The average Bonchev–Trinajstić information content (AvgIpc) is 1.42. The number of furan rings is 1. The van der Waals surface area contributed by atoms with Crippen LogP contribution in [0.15, 0.2) is 390 Å². The smallest absolute Gasteiger partial charge is 0.161 e. The summed E-state index contributed by atoms with van der Waals surface area (Å²) in [5.41, 5.74) is 28.0. The summed E-state index contributed by atoms with van der Waals surface area (Å²) in [6.07, 6.45) is 19.4. The molecule has 0 fully saturated rings. The van der Waals surface area contributed by atoms with Crippen molar-refractivity contribution in [2.45, 2.75) is 6.42 Å². The molecule has 494 valence electrons. The van der Waals surface area contributed by atoms with Gasteiger partial charge in [0.15, 0.2) is 11.6 Å². The summed E-state index contributed by atoms with van der Waals surface area (Å²) < 4.78 is 9.22. The molecule has 18 aromatic rings. The predicted octanol–water partition coefficient (Wildman–Crippen LogP) is 26.8. The Morgan fingerprint density at radius 3 is 1.46 bits per heavy atom. The Labute approximate surface area is 616 Å². The van der Waals surface area contributed by atoms with Gasteiger partial charge >= 0.3 is 0 Å². The van der Waals surface area contributed by atoms with Gasteiger partial charge in [-0.15, -0.1) is 11.3 Å². The van der Waals surface area contributed by atoms with Crippen LogP contribution in [0.1, 0.15) is 12.0 Å². The van der Waals surface area contributed by atoms with Gasteiger partial charge in [0.05, 0.1) is 22.8 Å². The number of nitrogens with zero attached hydrogens (tertiary/aromatic N) is 4. The second-order valence-corrected chi connectivity index (χ2v) is 28.8. The molecule has 0 bridgehead atoms. The molecule has 0 N–H and O–H groups in total. The van der Waals surface area contributed by atoms with Crippen LogP contribution >= 0.6 is 11.3 Å². The van der Waals surface area contributed by atoms with E-state index in [4.69, 9.17) is 24.4 Å². The first kappa shape index (κ1) is 61.2. The average molecular weight is 1370 g/mol. The van der Waals surface area contributed by atoms with Gasteiger partial charge in [-0.05, 0) is 148 Å². The van der Waals surface area contributed by atoms with E-state index in [-0.39, 0.29) is 0 Å². The van der Waals surface area contributed by atoms with Crippen molar-refractivity contribution < 1.29 is 4.42 Å². The summed E-state index contributed by atoms with van der Waals surface area (Å²) in [7, 11) is 0. The zero-order valence-electron chi connectivity index (χ0n) is 57.5. The number of benzene rings is 14. The first-order valence-electron chi connectivity index (χ1n) is 36.2. The molecule has 5 nitrogen and oxygen atoms in total. The number of aromatic nitrogens is 4. The highest BCUT2D eigenvalue weighted by atomic mass is 32.1. The predicted molar refractivity (Wildman–Crippen MR) is 442 cm³/mol. The highest BCUT2D eigenvalue weighted by Crippen LogP contribution is 2.52. The Kier molecular flexibility index (Phi) is 14.5.